The van der Waals surface area contributed by atoms with Crippen molar-refractivity contribution in [2.45, 2.75) is 13.8 Å². The summed E-state index contributed by atoms with van der Waals surface area (Å²) in [6, 6.07) is 0. The van der Waals surface area contributed by atoms with Crippen LogP contribution in [-0.4, -0.2) is 6.21 Å². The van der Waals surface area contributed by atoms with Gasteiger partial charge in [-0.1, -0.05) is 6.58 Å². The van der Waals surface area contributed by atoms with E-state index in [0.29, 0.717) is 0 Å². The Bertz CT molecular complexity index is 150. The van der Waals surface area contributed by atoms with Crippen LogP contribution in [0.1, 0.15) is 13.8 Å². The molecule has 0 heterocycles. The van der Waals surface area contributed by atoms with E-state index in [9.17, 15) is 0 Å². The largest absolute Gasteiger partial charge is 0.402 e. The molecule has 0 atom stereocenters. The summed E-state index contributed by atoms with van der Waals surface area (Å²) in [4.78, 5) is 3.79. The van der Waals surface area contributed by atoms with Crippen LogP contribution in [-0.2, 0) is 0 Å². The molecule has 0 aromatic heterocycles. The Kier molecular flexibility index (Phi) is 3.44. The fraction of sp³-hybridized carbons (Fsp3) is 0.286. The lowest BCUT2D eigenvalue weighted by Gasteiger charge is -1.91. The second kappa shape index (κ2) is 3.89. The first-order valence-corrected chi connectivity index (χ1v) is 2.75. The zero-order valence-corrected chi connectivity index (χ0v) is 5.89. The summed E-state index contributed by atoms with van der Waals surface area (Å²) < 4.78 is 0. The zero-order valence-electron chi connectivity index (χ0n) is 5.89. The highest BCUT2D eigenvalue weighted by Crippen LogP contribution is 1.91. The number of rotatable bonds is 2. The fourth-order valence-corrected chi connectivity index (χ4v) is 0.266. The third kappa shape index (κ3) is 3.53. The summed E-state index contributed by atoms with van der Waals surface area (Å²) in [5, 5.41) is 0. The van der Waals surface area contributed by atoms with Gasteiger partial charge in [-0.05, 0) is 19.4 Å². The minimum atomic E-state index is 0.792. The number of allylic oxidation sites excluding steroid dienone is 2. The number of hydrogen-bond donors (Lipinski definition) is 1. The standard InChI is InChI=1S/C7H12N2/c1-4-9-5-6(2)7(3)8/h4-5H,1,8H2,2-3H3/b7-6-,9-5?. The first-order valence-electron chi connectivity index (χ1n) is 2.75. The van der Waals surface area contributed by atoms with E-state index in [1.807, 2.05) is 13.8 Å². The topological polar surface area (TPSA) is 38.4 Å². The predicted molar refractivity (Wildman–Crippen MR) is 41.3 cm³/mol. The number of hydrogen-bond acceptors (Lipinski definition) is 2. The van der Waals surface area contributed by atoms with Crippen LogP contribution in [0.5, 0.6) is 0 Å². The van der Waals surface area contributed by atoms with E-state index in [1.54, 1.807) is 6.21 Å². The molecule has 0 radical (unpaired) electrons. The van der Waals surface area contributed by atoms with Gasteiger partial charge in [0.1, 0.15) is 0 Å². The summed E-state index contributed by atoms with van der Waals surface area (Å²) in [5.74, 6) is 0. The molecule has 50 valence electrons. The number of nitrogens with zero attached hydrogens (tertiary/aromatic N) is 1. The van der Waals surface area contributed by atoms with Crippen molar-refractivity contribution >= 4 is 6.21 Å². The van der Waals surface area contributed by atoms with Crippen molar-refractivity contribution in [3.63, 3.8) is 0 Å². The van der Waals surface area contributed by atoms with Crippen LogP contribution < -0.4 is 5.73 Å². The molecule has 2 nitrogen and oxygen atoms in total. The van der Waals surface area contributed by atoms with Gasteiger partial charge in [-0.15, -0.1) is 0 Å². The Morgan fingerprint density at radius 1 is 1.56 bits per heavy atom. The SMILES string of the molecule is C=CN=C/C(C)=C(/C)N. The van der Waals surface area contributed by atoms with Crippen LogP contribution in [0.4, 0.5) is 0 Å². The van der Waals surface area contributed by atoms with Crippen LogP contribution >= 0.6 is 0 Å². The summed E-state index contributed by atoms with van der Waals surface area (Å²) in [6.45, 7) is 7.17. The summed E-state index contributed by atoms with van der Waals surface area (Å²) in [7, 11) is 0. The molecule has 0 aromatic rings. The summed E-state index contributed by atoms with van der Waals surface area (Å²) in [5.41, 5.74) is 7.20. The van der Waals surface area contributed by atoms with E-state index in [-0.39, 0.29) is 0 Å². The van der Waals surface area contributed by atoms with E-state index in [4.69, 9.17) is 5.73 Å². The van der Waals surface area contributed by atoms with Crippen molar-refractivity contribution in [2.75, 3.05) is 0 Å². The first kappa shape index (κ1) is 7.95. The molecule has 0 aliphatic heterocycles. The lowest BCUT2D eigenvalue weighted by Crippen LogP contribution is -1.95. The van der Waals surface area contributed by atoms with Crippen molar-refractivity contribution in [3.8, 4) is 0 Å². The second-order valence-corrected chi connectivity index (χ2v) is 1.83. The van der Waals surface area contributed by atoms with Gasteiger partial charge < -0.3 is 5.73 Å². The van der Waals surface area contributed by atoms with Crippen LogP contribution in [0.3, 0.4) is 0 Å². The van der Waals surface area contributed by atoms with Gasteiger partial charge in [0.25, 0.3) is 0 Å². The van der Waals surface area contributed by atoms with Gasteiger partial charge in [-0.3, -0.25) is 4.99 Å². The Hall–Kier alpha value is -1.05. The fourth-order valence-electron chi connectivity index (χ4n) is 0.266. The van der Waals surface area contributed by atoms with E-state index in [2.05, 4.69) is 11.6 Å². The zero-order chi connectivity index (χ0) is 7.28. The Morgan fingerprint density at radius 3 is 2.44 bits per heavy atom. The average Bonchev–Trinajstić information content (AvgIpc) is 1.82. The maximum atomic E-state index is 5.43. The molecular formula is C7H12N2. The lowest BCUT2D eigenvalue weighted by atomic mass is 10.3. The summed E-state index contributed by atoms with van der Waals surface area (Å²) >= 11 is 0. The molecule has 0 unspecified atom stereocenters. The molecule has 9 heavy (non-hydrogen) atoms. The third-order valence-corrected chi connectivity index (χ3v) is 0.996. The van der Waals surface area contributed by atoms with Crippen molar-refractivity contribution in [2.24, 2.45) is 10.7 Å². The molecule has 0 fully saturated rings. The Morgan fingerprint density at radius 2 is 2.11 bits per heavy atom. The van der Waals surface area contributed by atoms with Gasteiger partial charge in [0.05, 0.1) is 0 Å². The second-order valence-electron chi connectivity index (χ2n) is 1.83. The number of aliphatic imine (C=N–C) groups is 1. The molecule has 0 aliphatic rings. The molecule has 0 amide bonds. The predicted octanol–water partition coefficient (Wildman–Crippen LogP) is 1.45. The number of nitrogens with two attached hydrogens (primary N) is 1. The van der Waals surface area contributed by atoms with E-state index in [0.717, 1.165) is 11.3 Å². The van der Waals surface area contributed by atoms with E-state index >= 15 is 0 Å². The van der Waals surface area contributed by atoms with Crippen molar-refractivity contribution in [3.05, 3.63) is 24.0 Å². The Labute approximate surface area is 55.8 Å². The molecular weight excluding hydrogens is 112 g/mol. The molecule has 0 aromatic carbocycles. The van der Waals surface area contributed by atoms with Crippen molar-refractivity contribution < 1.29 is 0 Å². The molecule has 2 N–H and O–H groups in total. The van der Waals surface area contributed by atoms with Crippen molar-refractivity contribution in [1.82, 2.24) is 0 Å². The van der Waals surface area contributed by atoms with E-state index in [1.165, 1.54) is 6.20 Å². The molecule has 0 saturated heterocycles. The highest BCUT2D eigenvalue weighted by Gasteiger charge is 1.83. The lowest BCUT2D eigenvalue weighted by molar-refractivity contribution is 1.26. The van der Waals surface area contributed by atoms with Crippen LogP contribution in [0, 0.1) is 0 Å². The molecule has 0 rings (SSSR count). The van der Waals surface area contributed by atoms with Crippen LogP contribution in [0.2, 0.25) is 0 Å². The van der Waals surface area contributed by atoms with Crippen molar-refractivity contribution in [1.29, 1.82) is 0 Å². The first-order chi connectivity index (χ1) is 4.18. The van der Waals surface area contributed by atoms with Gasteiger partial charge in [0.2, 0.25) is 0 Å². The minimum Gasteiger partial charge on any atom is -0.402 e. The van der Waals surface area contributed by atoms with Gasteiger partial charge in [0, 0.05) is 18.1 Å². The van der Waals surface area contributed by atoms with Gasteiger partial charge in [-0.2, -0.15) is 0 Å². The van der Waals surface area contributed by atoms with Gasteiger partial charge in [-0.25, -0.2) is 0 Å². The molecule has 0 spiro atoms. The molecule has 0 bridgehead atoms. The maximum Gasteiger partial charge on any atom is 0.0313 e. The normalized spacial score (nSPS) is 13.6. The summed E-state index contributed by atoms with van der Waals surface area (Å²) in [6.07, 6.45) is 3.16. The van der Waals surface area contributed by atoms with Gasteiger partial charge >= 0.3 is 0 Å². The quantitative estimate of drug-likeness (QED) is 0.556. The van der Waals surface area contributed by atoms with Crippen LogP contribution in [0.15, 0.2) is 29.0 Å². The third-order valence-electron chi connectivity index (χ3n) is 0.996. The van der Waals surface area contributed by atoms with Gasteiger partial charge in [0.15, 0.2) is 0 Å². The van der Waals surface area contributed by atoms with E-state index < -0.39 is 0 Å². The Balaban J connectivity index is 4.06. The highest BCUT2D eigenvalue weighted by atomic mass is 14.7. The maximum absolute atomic E-state index is 5.43. The molecule has 0 aliphatic carbocycles. The minimum absolute atomic E-state index is 0.792. The average molecular weight is 124 g/mol. The van der Waals surface area contributed by atoms with Crippen LogP contribution in [0.25, 0.3) is 0 Å². The highest BCUT2D eigenvalue weighted by molar-refractivity contribution is 5.78. The molecule has 0 saturated carbocycles. The monoisotopic (exact) mass is 124 g/mol. The molecule has 2 heteroatoms. The smallest absolute Gasteiger partial charge is 0.0313 e.